The van der Waals surface area contributed by atoms with E-state index in [-0.39, 0.29) is 12.0 Å². The van der Waals surface area contributed by atoms with Gasteiger partial charge in [0.2, 0.25) is 0 Å². The standard InChI is InChI=1S/C11H21NO3/c1-8(6-11(13)14-3)12-7-10-4-5-15-9(10)2/h8-10,12H,4-7H2,1-3H3. The molecule has 3 unspecified atom stereocenters. The molecule has 1 fully saturated rings. The summed E-state index contributed by atoms with van der Waals surface area (Å²) in [7, 11) is 1.42. The Labute approximate surface area is 91.3 Å². The van der Waals surface area contributed by atoms with Crippen LogP contribution in [0, 0.1) is 5.92 Å². The summed E-state index contributed by atoms with van der Waals surface area (Å²) in [6.07, 6.45) is 1.88. The van der Waals surface area contributed by atoms with Crippen LogP contribution >= 0.6 is 0 Å². The van der Waals surface area contributed by atoms with Crippen LogP contribution in [0.25, 0.3) is 0 Å². The smallest absolute Gasteiger partial charge is 0.307 e. The van der Waals surface area contributed by atoms with Gasteiger partial charge in [0.15, 0.2) is 0 Å². The van der Waals surface area contributed by atoms with E-state index in [0.29, 0.717) is 18.4 Å². The van der Waals surface area contributed by atoms with Crippen LogP contribution in [0.2, 0.25) is 0 Å². The molecule has 1 N–H and O–H groups in total. The zero-order valence-corrected chi connectivity index (χ0v) is 9.79. The van der Waals surface area contributed by atoms with E-state index in [2.05, 4.69) is 17.0 Å². The van der Waals surface area contributed by atoms with Crippen LogP contribution < -0.4 is 5.32 Å². The minimum absolute atomic E-state index is 0.161. The molecule has 0 radical (unpaired) electrons. The fourth-order valence-corrected chi connectivity index (χ4v) is 1.80. The lowest BCUT2D eigenvalue weighted by Gasteiger charge is -2.18. The lowest BCUT2D eigenvalue weighted by Crippen LogP contribution is -2.35. The molecule has 1 aliphatic heterocycles. The van der Waals surface area contributed by atoms with Gasteiger partial charge >= 0.3 is 5.97 Å². The maximum Gasteiger partial charge on any atom is 0.307 e. The third kappa shape index (κ3) is 4.18. The Morgan fingerprint density at radius 3 is 2.93 bits per heavy atom. The number of hydrogen-bond donors (Lipinski definition) is 1. The van der Waals surface area contributed by atoms with Crippen molar-refractivity contribution in [2.45, 2.75) is 38.8 Å². The molecule has 0 aromatic rings. The lowest BCUT2D eigenvalue weighted by atomic mass is 10.0. The van der Waals surface area contributed by atoms with Gasteiger partial charge in [0, 0.05) is 19.2 Å². The largest absolute Gasteiger partial charge is 0.469 e. The van der Waals surface area contributed by atoms with Crippen LogP contribution in [0.15, 0.2) is 0 Å². The first-order valence-corrected chi connectivity index (χ1v) is 5.55. The summed E-state index contributed by atoms with van der Waals surface area (Å²) in [5, 5.41) is 3.34. The van der Waals surface area contributed by atoms with Gasteiger partial charge < -0.3 is 14.8 Å². The molecule has 1 rings (SSSR count). The van der Waals surface area contributed by atoms with Crippen molar-refractivity contribution in [3.8, 4) is 0 Å². The fraction of sp³-hybridized carbons (Fsp3) is 0.909. The Morgan fingerprint density at radius 2 is 2.40 bits per heavy atom. The number of methoxy groups -OCH3 is 1. The lowest BCUT2D eigenvalue weighted by molar-refractivity contribution is -0.141. The molecule has 4 heteroatoms. The fourth-order valence-electron chi connectivity index (χ4n) is 1.80. The number of carbonyl (C=O) groups is 1. The first-order chi connectivity index (χ1) is 7.13. The van der Waals surface area contributed by atoms with Crippen LogP contribution in [0.4, 0.5) is 0 Å². The van der Waals surface area contributed by atoms with E-state index in [1.165, 1.54) is 7.11 Å². The van der Waals surface area contributed by atoms with Crippen molar-refractivity contribution in [3.05, 3.63) is 0 Å². The molecule has 0 aromatic heterocycles. The summed E-state index contributed by atoms with van der Waals surface area (Å²) in [6, 6.07) is 0.172. The Bertz CT molecular complexity index is 208. The van der Waals surface area contributed by atoms with E-state index in [1.54, 1.807) is 0 Å². The van der Waals surface area contributed by atoms with E-state index in [9.17, 15) is 4.79 Å². The van der Waals surface area contributed by atoms with Crippen LogP contribution in [0.3, 0.4) is 0 Å². The Hall–Kier alpha value is -0.610. The molecule has 88 valence electrons. The molecule has 0 aliphatic carbocycles. The molecular weight excluding hydrogens is 194 g/mol. The highest BCUT2D eigenvalue weighted by atomic mass is 16.5. The summed E-state index contributed by atoms with van der Waals surface area (Å²) in [4.78, 5) is 11.0. The molecule has 15 heavy (non-hydrogen) atoms. The number of nitrogens with one attached hydrogen (secondary N) is 1. The van der Waals surface area contributed by atoms with Crippen LogP contribution in [0.1, 0.15) is 26.7 Å². The first-order valence-electron chi connectivity index (χ1n) is 5.55. The third-order valence-corrected chi connectivity index (χ3v) is 2.96. The predicted molar refractivity (Wildman–Crippen MR) is 57.6 cm³/mol. The van der Waals surface area contributed by atoms with Gasteiger partial charge in [-0.05, 0) is 26.2 Å². The molecule has 0 spiro atoms. The van der Waals surface area contributed by atoms with Crippen LogP contribution in [-0.2, 0) is 14.3 Å². The van der Waals surface area contributed by atoms with Gasteiger partial charge in [-0.25, -0.2) is 0 Å². The first kappa shape index (κ1) is 12.5. The molecule has 1 heterocycles. The summed E-state index contributed by atoms with van der Waals surface area (Å²) in [6.45, 7) is 5.87. The molecule has 0 saturated carbocycles. The molecular formula is C11H21NO3. The van der Waals surface area contributed by atoms with Crippen molar-refractivity contribution in [1.82, 2.24) is 5.32 Å². The number of esters is 1. The van der Waals surface area contributed by atoms with Crippen LogP contribution in [-0.4, -0.2) is 38.4 Å². The molecule has 1 aliphatic rings. The van der Waals surface area contributed by atoms with Gasteiger partial charge in [0.1, 0.15) is 0 Å². The third-order valence-electron chi connectivity index (χ3n) is 2.96. The number of ether oxygens (including phenoxy) is 2. The average Bonchev–Trinajstić information content (AvgIpc) is 2.61. The van der Waals surface area contributed by atoms with Gasteiger partial charge in [0.25, 0.3) is 0 Å². The highest BCUT2D eigenvalue weighted by Gasteiger charge is 2.24. The minimum Gasteiger partial charge on any atom is -0.469 e. The van der Waals surface area contributed by atoms with Gasteiger partial charge in [0.05, 0.1) is 19.6 Å². The van der Waals surface area contributed by atoms with E-state index >= 15 is 0 Å². The highest BCUT2D eigenvalue weighted by Crippen LogP contribution is 2.19. The monoisotopic (exact) mass is 215 g/mol. The quantitative estimate of drug-likeness (QED) is 0.694. The molecule has 0 aromatic carbocycles. The maximum atomic E-state index is 11.0. The topological polar surface area (TPSA) is 47.6 Å². The maximum absolute atomic E-state index is 11.0. The zero-order chi connectivity index (χ0) is 11.3. The van der Waals surface area contributed by atoms with Gasteiger partial charge in [-0.3, -0.25) is 4.79 Å². The SMILES string of the molecule is COC(=O)CC(C)NCC1CCOC1C. The second-order valence-corrected chi connectivity index (χ2v) is 4.21. The summed E-state index contributed by atoms with van der Waals surface area (Å²) in [5.41, 5.74) is 0. The highest BCUT2D eigenvalue weighted by molar-refractivity contribution is 5.69. The Kier molecular flexibility index (Phi) is 5.05. The Balaban J connectivity index is 2.15. The molecule has 0 bridgehead atoms. The molecule has 1 saturated heterocycles. The van der Waals surface area contributed by atoms with Gasteiger partial charge in [-0.1, -0.05) is 0 Å². The van der Waals surface area contributed by atoms with Crippen molar-refractivity contribution in [2.75, 3.05) is 20.3 Å². The second-order valence-electron chi connectivity index (χ2n) is 4.21. The summed E-state index contributed by atoms with van der Waals surface area (Å²) < 4.78 is 10.1. The molecule has 0 amide bonds. The number of carbonyl (C=O) groups excluding carboxylic acids is 1. The second kappa shape index (κ2) is 6.08. The molecule has 3 atom stereocenters. The van der Waals surface area contributed by atoms with E-state index in [4.69, 9.17) is 4.74 Å². The van der Waals surface area contributed by atoms with Crippen molar-refractivity contribution in [2.24, 2.45) is 5.92 Å². The van der Waals surface area contributed by atoms with Crippen molar-refractivity contribution >= 4 is 5.97 Å². The van der Waals surface area contributed by atoms with Gasteiger partial charge in [-0.15, -0.1) is 0 Å². The minimum atomic E-state index is -0.161. The van der Waals surface area contributed by atoms with Crippen molar-refractivity contribution < 1.29 is 14.3 Å². The van der Waals surface area contributed by atoms with E-state index in [0.717, 1.165) is 19.6 Å². The number of hydrogen-bond acceptors (Lipinski definition) is 4. The average molecular weight is 215 g/mol. The predicted octanol–water partition coefficient (Wildman–Crippen LogP) is 0.953. The van der Waals surface area contributed by atoms with Crippen molar-refractivity contribution in [3.63, 3.8) is 0 Å². The van der Waals surface area contributed by atoms with Gasteiger partial charge in [-0.2, -0.15) is 0 Å². The van der Waals surface area contributed by atoms with E-state index < -0.39 is 0 Å². The molecule has 4 nitrogen and oxygen atoms in total. The zero-order valence-electron chi connectivity index (χ0n) is 9.79. The normalized spacial score (nSPS) is 27.7. The van der Waals surface area contributed by atoms with Crippen molar-refractivity contribution in [1.29, 1.82) is 0 Å². The summed E-state index contributed by atoms with van der Waals surface area (Å²) >= 11 is 0. The Morgan fingerprint density at radius 1 is 1.67 bits per heavy atom. The number of rotatable bonds is 5. The van der Waals surface area contributed by atoms with Crippen LogP contribution in [0.5, 0.6) is 0 Å². The summed E-state index contributed by atoms with van der Waals surface area (Å²) in [5.74, 6) is 0.413. The van der Waals surface area contributed by atoms with E-state index in [1.807, 2.05) is 6.92 Å².